The van der Waals surface area contributed by atoms with E-state index in [9.17, 15) is 4.55 Å². The molecule has 1 aromatic carbocycles. The lowest BCUT2D eigenvalue weighted by Crippen LogP contribution is -2.28. The molecule has 0 radical (unpaired) electrons. The van der Waals surface area contributed by atoms with Gasteiger partial charge in [-0.25, -0.2) is 4.98 Å². The highest BCUT2D eigenvalue weighted by molar-refractivity contribution is 9.10. The van der Waals surface area contributed by atoms with Crippen molar-refractivity contribution < 1.29 is 8.97 Å². The minimum atomic E-state index is -1.41. The summed E-state index contributed by atoms with van der Waals surface area (Å²) in [4.78, 5) is 4.05. The van der Waals surface area contributed by atoms with E-state index in [-0.39, 0.29) is 0 Å². The van der Waals surface area contributed by atoms with Gasteiger partial charge in [-0.3, -0.25) is 0 Å². The van der Waals surface area contributed by atoms with E-state index in [1.165, 1.54) is 0 Å². The molecule has 0 fully saturated rings. The molecule has 0 aliphatic carbocycles. The van der Waals surface area contributed by atoms with Crippen LogP contribution in [0.4, 0.5) is 0 Å². The molecule has 0 N–H and O–H groups in total. The second-order valence-electron chi connectivity index (χ2n) is 6.05. The summed E-state index contributed by atoms with van der Waals surface area (Å²) in [5, 5.41) is 2.39. The standard InChI is InChI=1S/C16H14BrClN2O2S/c1-16(2,3)23(21)20-15-10-6-9(17)4-5-12(10)22-13-8-19-14(18)7-11(13)15/h4-8H,1-3H3/b20-15-. The van der Waals surface area contributed by atoms with Crippen LogP contribution in [0.25, 0.3) is 21.9 Å². The smallest absolute Gasteiger partial charge is 0.155 e. The lowest BCUT2D eigenvalue weighted by atomic mass is 10.1. The Labute approximate surface area is 150 Å². The summed E-state index contributed by atoms with van der Waals surface area (Å²) < 4.78 is 23.3. The van der Waals surface area contributed by atoms with Gasteiger partial charge in [0.15, 0.2) is 5.58 Å². The lowest BCUT2D eigenvalue weighted by molar-refractivity contribution is 0.560. The van der Waals surface area contributed by atoms with Crippen molar-refractivity contribution >= 4 is 60.8 Å². The first-order valence-electron chi connectivity index (χ1n) is 6.90. The van der Waals surface area contributed by atoms with E-state index in [1.807, 2.05) is 39.0 Å². The van der Waals surface area contributed by atoms with Crippen LogP contribution in [0.1, 0.15) is 20.8 Å². The molecule has 0 aliphatic heterocycles. The van der Waals surface area contributed by atoms with Gasteiger partial charge < -0.3 is 8.97 Å². The predicted octanol–water partition coefficient (Wildman–Crippen LogP) is 4.76. The van der Waals surface area contributed by atoms with Crippen molar-refractivity contribution in [1.29, 1.82) is 0 Å². The van der Waals surface area contributed by atoms with Gasteiger partial charge >= 0.3 is 0 Å². The first kappa shape index (κ1) is 16.8. The average Bonchev–Trinajstić information content (AvgIpc) is 2.47. The molecule has 0 saturated carbocycles. The maximum Gasteiger partial charge on any atom is 0.155 e. The second kappa shape index (κ2) is 6.09. The molecular formula is C16H14BrClN2O2S. The molecule has 1 unspecified atom stereocenters. The van der Waals surface area contributed by atoms with Crippen molar-refractivity contribution in [3.05, 3.63) is 45.4 Å². The number of nitrogens with zero attached hydrogens (tertiary/aromatic N) is 2. The monoisotopic (exact) mass is 412 g/mol. The molecule has 0 saturated heterocycles. The molecule has 4 nitrogen and oxygen atoms in total. The minimum absolute atomic E-state index is 0.333. The molecule has 2 heterocycles. The molecule has 23 heavy (non-hydrogen) atoms. The Kier molecular flexibility index (Phi) is 4.44. The van der Waals surface area contributed by atoms with Crippen LogP contribution in [-0.2, 0) is 11.4 Å². The van der Waals surface area contributed by atoms with E-state index in [1.54, 1.807) is 12.3 Å². The Balaban J connectivity index is 2.48. The van der Waals surface area contributed by atoms with Gasteiger partial charge in [-0.2, -0.15) is 0 Å². The summed E-state index contributed by atoms with van der Waals surface area (Å²) in [6, 6.07) is 7.29. The number of benzene rings is 1. The molecule has 0 amide bonds. The number of aromatic nitrogens is 1. The van der Waals surface area contributed by atoms with Crippen LogP contribution in [0.2, 0.25) is 5.15 Å². The molecule has 0 bridgehead atoms. The SMILES string of the molecule is CC(C)(C)[S+]([O-])/N=c1/c2cc(Br)ccc2oc2cnc(Cl)cc12. The van der Waals surface area contributed by atoms with Gasteiger partial charge in [-0.15, -0.1) is 0 Å². The van der Waals surface area contributed by atoms with Crippen LogP contribution < -0.4 is 5.36 Å². The third-order valence-corrected chi connectivity index (χ3v) is 5.30. The maximum absolute atomic E-state index is 12.5. The van der Waals surface area contributed by atoms with Gasteiger partial charge in [0.1, 0.15) is 32.2 Å². The van der Waals surface area contributed by atoms with Crippen molar-refractivity contribution in [3.63, 3.8) is 0 Å². The first-order chi connectivity index (χ1) is 10.8. The Morgan fingerprint density at radius 3 is 2.61 bits per heavy atom. The second-order valence-corrected chi connectivity index (χ2v) is 9.26. The molecular weight excluding hydrogens is 400 g/mol. The van der Waals surface area contributed by atoms with Crippen LogP contribution in [0.15, 0.2) is 43.7 Å². The van der Waals surface area contributed by atoms with Crippen LogP contribution in [-0.4, -0.2) is 14.3 Å². The first-order valence-corrected chi connectivity index (χ1v) is 9.18. The maximum atomic E-state index is 12.5. The number of hydrogen-bond donors (Lipinski definition) is 0. The summed E-state index contributed by atoms with van der Waals surface area (Å²) in [5.74, 6) is 0. The Hall–Kier alpha value is -1.08. The lowest BCUT2D eigenvalue weighted by Gasteiger charge is -2.18. The summed E-state index contributed by atoms with van der Waals surface area (Å²) in [6.07, 6.45) is 1.55. The molecule has 3 aromatic rings. The predicted molar refractivity (Wildman–Crippen MR) is 97.7 cm³/mol. The third kappa shape index (κ3) is 3.40. The highest BCUT2D eigenvalue weighted by Gasteiger charge is 2.27. The molecule has 2 aromatic heterocycles. The zero-order valence-corrected chi connectivity index (χ0v) is 15.9. The number of pyridine rings is 1. The molecule has 7 heteroatoms. The van der Waals surface area contributed by atoms with Gasteiger partial charge in [0, 0.05) is 9.86 Å². The fourth-order valence-electron chi connectivity index (χ4n) is 2.04. The van der Waals surface area contributed by atoms with E-state index >= 15 is 0 Å². The van der Waals surface area contributed by atoms with Crippen LogP contribution in [0.5, 0.6) is 0 Å². The van der Waals surface area contributed by atoms with Gasteiger partial charge in [0.25, 0.3) is 0 Å². The van der Waals surface area contributed by atoms with Crippen LogP contribution in [0.3, 0.4) is 0 Å². The topological polar surface area (TPSA) is 61.5 Å². The van der Waals surface area contributed by atoms with Gasteiger partial charge in [0.05, 0.1) is 11.6 Å². The zero-order chi connectivity index (χ0) is 16.8. The van der Waals surface area contributed by atoms with E-state index in [0.29, 0.717) is 27.1 Å². The van der Waals surface area contributed by atoms with Crippen LogP contribution in [0, 0.1) is 0 Å². The fraction of sp³-hybridized carbons (Fsp3) is 0.250. The number of fused-ring (bicyclic) bond motifs is 2. The van der Waals surface area contributed by atoms with Gasteiger partial charge in [0.2, 0.25) is 0 Å². The van der Waals surface area contributed by atoms with Crippen molar-refractivity contribution in [1.82, 2.24) is 4.98 Å². The molecule has 0 aliphatic rings. The van der Waals surface area contributed by atoms with Gasteiger partial charge in [-0.1, -0.05) is 31.9 Å². The summed E-state index contributed by atoms with van der Waals surface area (Å²) in [7, 11) is 0. The van der Waals surface area contributed by atoms with E-state index < -0.39 is 16.1 Å². The van der Waals surface area contributed by atoms with Gasteiger partial charge in [-0.05, 0) is 45.0 Å². The summed E-state index contributed by atoms with van der Waals surface area (Å²) in [6.45, 7) is 5.65. The summed E-state index contributed by atoms with van der Waals surface area (Å²) in [5.41, 5.74) is 1.20. The normalized spacial score (nSPS) is 14.6. The van der Waals surface area contributed by atoms with Crippen molar-refractivity contribution in [3.8, 4) is 0 Å². The number of halogens is 2. The largest absolute Gasteiger partial charge is 0.591 e. The Morgan fingerprint density at radius 2 is 1.91 bits per heavy atom. The quantitative estimate of drug-likeness (QED) is 0.328. The van der Waals surface area contributed by atoms with E-state index in [4.69, 9.17) is 16.0 Å². The molecule has 1 atom stereocenters. The number of hydrogen-bond acceptors (Lipinski definition) is 4. The minimum Gasteiger partial charge on any atom is -0.591 e. The third-order valence-electron chi connectivity index (χ3n) is 3.20. The van der Waals surface area contributed by atoms with E-state index in [0.717, 1.165) is 9.86 Å². The Morgan fingerprint density at radius 1 is 1.22 bits per heavy atom. The fourth-order valence-corrected chi connectivity index (χ4v) is 3.20. The molecule has 0 spiro atoms. The highest BCUT2D eigenvalue weighted by Crippen LogP contribution is 2.24. The molecule has 3 rings (SSSR count). The van der Waals surface area contributed by atoms with Crippen molar-refractivity contribution in [2.24, 2.45) is 4.40 Å². The zero-order valence-electron chi connectivity index (χ0n) is 12.8. The highest BCUT2D eigenvalue weighted by atomic mass is 79.9. The number of rotatable bonds is 1. The average molecular weight is 414 g/mol. The van der Waals surface area contributed by atoms with E-state index in [2.05, 4.69) is 25.3 Å². The van der Waals surface area contributed by atoms with Crippen molar-refractivity contribution in [2.75, 3.05) is 0 Å². The molecule has 120 valence electrons. The van der Waals surface area contributed by atoms with Crippen molar-refractivity contribution in [2.45, 2.75) is 25.5 Å². The Bertz CT molecular complexity index is 903. The summed E-state index contributed by atoms with van der Waals surface area (Å²) >= 11 is 8.06. The van der Waals surface area contributed by atoms with Crippen LogP contribution >= 0.6 is 27.5 Å².